The highest BCUT2D eigenvalue weighted by Crippen LogP contribution is 2.26. The first-order valence-electron chi connectivity index (χ1n) is 6.51. The molecule has 0 aliphatic rings. The third kappa shape index (κ3) is 4.67. The summed E-state index contributed by atoms with van der Waals surface area (Å²) < 4.78 is 42.1. The van der Waals surface area contributed by atoms with Crippen LogP contribution in [0.3, 0.4) is 0 Å². The van der Waals surface area contributed by atoms with Gasteiger partial charge in [-0.05, 0) is 27.3 Å². The molecule has 6 heteroatoms. The van der Waals surface area contributed by atoms with Crippen LogP contribution in [0.1, 0.15) is 29.7 Å². The fourth-order valence-corrected chi connectivity index (χ4v) is 2.20. The maximum Gasteiger partial charge on any atom is 0.389 e. The van der Waals surface area contributed by atoms with Gasteiger partial charge in [0.2, 0.25) is 0 Å². The van der Waals surface area contributed by atoms with E-state index in [-0.39, 0.29) is 12.5 Å². The molecule has 0 saturated heterocycles. The molecule has 1 rings (SSSR count). The SMILES string of the molecule is CNC(CCC(F)(F)F)Cc1ncc(C)c(OC)c1C. The summed E-state index contributed by atoms with van der Waals surface area (Å²) in [6, 6.07) is -0.254. The molecule has 0 radical (unpaired) electrons. The number of likely N-dealkylation sites (N-methyl/N-ethyl adjacent to an activating group) is 1. The zero-order valence-electron chi connectivity index (χ0n) is 12.3. The zero-order chi connectivity index (χ0) is 15.3. The molecule has 114 valence electrons. The lowest BCUT2D eigenvalue weighted by Gasteiger charge is -2.19. The number of methoxy groups -OCH3 is 1. The van der Waals surface area contributed by atoms with E-state index in [1.54, 1.807) is 20.4 Å². The van der Waals surface area contributed by atoms with Crippen molar-refractivity contribution in [2.24, 2.45) is 0 Å². The van der Waals surface area contributed by atoms with E-state index in [1.165, 1.54) is 0 Å². The smallest absolute Gasteiger partial charge is 0.389 e. The van der Waals surface area contributed by atoms with Crippen LogP contribution >= 0.6 is 0 Å². The van der Waals surface area contributed by atoms with Gasteiger partial charge in [-0.15, -0.1) is 0 Å². The Bertz CT molecular complexity index is 447. The second-order valence-electron chi connectivity index (χ2n) is 4.89. The molecule has 1 unspecified atom stereocenters. The van der Waals surface area contributed by atoms with Gasteiger partial charge in [0.05, 0.1) is 7.11 Å². The lowest BCUT2D eigenvalue weighted by Crippen LogP contribution is -2.30. The van der Waals surface area contributed by atoms with Crippen LogP contribution in [0, 0.1) is 13.8 Å². The Morgan fingerprint density at radius 2 is 2.00 bits per heavy atom. The predicted octanol–water partition coefficient (Wildman–Crippen LogP) is 3.18. The van der Waals surface area contributed by atoms with E-state index in [9.17, 15) is 13.2 Å². The molecule has 1 aromatic heterocycles. The largest absolute Gasteiger partial charge is 0.496 e. The van der Waals surface area contributed by atoms with Crippen LogP contribution in [0.5, 0.6) is 5.75 Å². The van der Waals surface area contributed by atoms with Gasteiger partial charge in [0.1, 0.15) is 5.75 Å². The highest BCUT2D eigenvalue weighted by atomic mass is 19.4. The van der Waals surface area contributed by atoms with E-state index < -0.39 is 12.6 Å². The summed E-state index contributed by atoms with van der Waals surface area (Å²) >= 11 is 0. The molecule has 0 aliphatic carbocycles. The van der Waals surface area contributed by atoms with Gasteiger partial charge in [-0.3, -0.25) is 4.98 Å². The molecule has 1 atom stereocenters. The number of aryl methyl sites for hydroxylation is 1. The molecule has 1 aromatic rings. The van der Waals surface area contributed by atoms with Gasteiger partial charge in [-0.1, -0.05) is 0 Å². The molecule has 0 aromatic carbocycles. The third-order valence-electron chi connectivity index (χ3n) is 3.37. The van der Waals surface area contributed by atoms with Gasteiger partial charge in [0.25, 0.3) is 0 Å². The Labute approximate surface area is 117 Å². The number of pyridine rings is 1. The molecule has 0 aliphatic heterocycles. The van der Waals surface area contributed by atoms with Crippen LogP contribution in [0.25, 0.3) is 0 Å². The van der Waals surface area contributed by atoms with Crippen LogP contribution < -0.4 is 10.1 Å². The molecular formula is C14H21F3N2O. The Morgan fingerprint density at radius 3 is 2.50 bits per heavy atom. The van der Waals surface area contributed by atoms with Crippen LogP contribution in [0.4, 0.5) is 13.2 Å². The maximum absolute atomic E-state index is 12.3. The number of nitrogens with one attached hydrogen (secondary N) is 1. The standard InChI is InChI=1S/C14H21F3N2O/c1-9-8-19-12(10(2)13(9)20-4)7-11(18-3)5-6-14(15,16)17/h8,11,18H,5-7H2,1-4H3. The summed E-state index contributed by atoms with van der Waals surface area (Å²) in [5.74, 6) is 0.751. The van der Waals surface area contributed by atoms with Gasteiger partial charge < -0.3 is 10.1 Å². The molecule has 0 fully saturated rings. The summed E-state index contributed by atoms with van der Waals surface area (Å²) in [5.41, 5.74) is 2.58. The highest BCUT2D eigenvalue weighted by Gasteiger charge is 2.28. The summed E-state index contributed by atoms with van der Waals surface area (Å²) in [4.78, 5) is 4.32. The van der Waals surface area contributed by atoms with E-state index in [1.807, 2.05) is 13.8 Å². The van der Waals surface area contributed by atoms with Crippen molar-refractivity contribution in [1.82, 2.24) is 10.3 Å². The lowest BCUT2D eigenvalue weighted by atomic mass is 10.0. The van der Waals surface area contributed by atoms with Crippen molar-refractivity contribution in [3.63, 3.8) is 0 Å². The summed E-state index contributed by atoms with van der Waals surface area (Å²) in [7, 11) is 3.25. The molecule has 0 spiro atoms. The number of nitrogens with zero attached hydrogens (tertiary/aromatic N) is 1. The minimum atomic E-state index is -4.12. The van der Waals surface area contributed by atoms with Gasteiger partial charge in [0.15, 0.2) is 0 Å². The number of ether oxygens (including phenoxy) is 1. The minimum Gasteiger partial charge on any atom is -0.496 e. The third-order valence-corrected chi connectivity index (χ3v) is 3.37. The molecule has 3 nitrogen and oxygen atoms in total. The Kier molecular flexibility index (Phi) is 5.80. The van der Waals surface area contributed by atoms with Crippen molar-refractivity contribution in [2.45, 2.75) is 45.3 Å². The van der Waals surface area contributed by atoms with Crippen molar-refractivity contribution < 1.29 is 17.9 Å². The van der Waals surface area contributed by atoms with E-state index in [0.29, 0.717) is 6.42 Å². The van der Waals surface area contributed by atoms with E-state index >= 15 is 0 Å². The normalized spacial score (nSPS) is 13.3. The van der Waals surface area contributed by atoms with E-state index in [0.717, 1.165) is 22.6 Å². The van der Waals surface area contributed by atoms with E-state index in [2.05, 4.69) is 10.3 Å². The summed E-state index contributed by atoms with van der Waals surface area (Å²) in [6.07, 6.45) is -2.73. The molecular weight excluding hydrogens is 269 g/mol. The van der Waals surface area contributed by atoms with Gasteiger partial charge in [-0.2, -0.15) is 13.2 Å². The van der Waals surface area contributed by atoms with Crippen LogP contribution in [-0.2, 0) is 6.42 Å². The first-order chi connectivity index (χ1) is 9.28. The maximum atomic E-state index is 12.3. The van der Waals surface area contributed by atoms with Gasteiger partial charge in [0, 0.05) is 41.9 Å². The van der Waals surface area contributed by atoms with Gasteiger partial charge >= 0.3 is 6.18 Å². The quantitative estimate of drug-likeness (QED) is 0.873. The van der Waals surface area contributed by atoms with Crippen LogP contribution in [0.2, 0.25) is 0 Å². The molecule has 0 amide bonds. The van der Waals surface area contributed by atoms with Crippen LogP contribution in [-0.4, -0.2) is 31.4 Å². The molecule has 1 heterocycles. The summed E-state index contributed by atoms with van der Waals surface area (Å²) in [5, 5.41) is 2.92. The summed E-state index contributed by atoms with van der Waals surface area (Å²) in [6.45, 7) is 3.77. The zero-order valence-corrected chi connectivity index (χ0v) is 12.3. The van der Waals surface area contributed by atoms with Crippen molar-refractivity contribution in [1.29, 1.82) is 0 Å². The Balaban J connectivity index is 2.80. The number of rotatable bonds is 6. The number of hydrogen-bond acceptors (Lipinski definition) is 3. The predicted molar refractivity (Wildman–Crippen MR) is 72.1 cm³/mol. The first-order valence-corrected chi connectivity index (χ1v) is 6.51. The molecule has 0 bridgehead atoms. The molecule has 20 heavy (non-hydrogen) atoms. The van der Waals surface area contributed by atoms with Crippen molar-refractivity contribution in [2.75, 3.05) is 14.2 Å². The van der Waals surface area contributed by atoms with Crippen LogP contribution in [0.15, 0.2) is 6.20 Å². The molecule has 1 N–H and O–H groups in total. The lowest BCUT2D eigenvalue weighted by molar-refractivity contribution is -0.136. The average molecular weight is 290 g/mol. The fraction of sp³-hybridized carbons (Fsp3) is 0.643. The van der Waals surface area contributed by atoms with Gasteiger partial charge in [-0.25, -0.2) is 0 Å². The number of hydrogen-bond donors (Lipinski definition) is 1. The average Bonchev–Trinajstić information content (AvgIpc) is 2.36. The highest BCUT2D eigenvalue weighted by molar-refractivity contribution is 5.41. The second kappa shape index (κ2) is 6.92. The Morgan fingerprint density at radius 1 is 1.35 bits per heavy atom. The molecule has 0 saturated carbocycles. The van der Waals surface area contributed by atoms with Crippen molar-refractivity contribution in [3.05, 3.63) is 23.0 Å². The van der Waals surface area contributed by atoms with Crippen molar-refractivity contribution in [3.8, 4) is 5.75 Å². The van der Waals surface area contributed by atoms with E-state index in [4.69, 9.17) is 4.74 Å². The van der Waals surface area contributed by atoms with Crippen molar-refractivity contribution >= 4 is 0 Å². The Hall–Kier alpha value is -1.30. The second-order valence-corrected chi connectivity index (χ2v) is 4.89. The number of alkyl halides is 3. The fourth-order valence-electron chi connectivity index (χ4n) is 2.20. The minimum absolute atomic E-state index is 0.0390. The first kappa shape index (κ1) is 16.8. The topological polar surface area (TPSA) is 34.2 Å². The number of halogens is 3. The number of aromatic nitrogens is 1. The monoisotopic (exact) mass is 290 g/mol.